The van der Waals surface area contributed by atoms with E-state index in [1.807, 2.05) is 54.6 Å². The highest BCUT2D eigenvalue weighted by Gasteiger charge is 2.29. The van der Waals surface area contributed by atoms with E-state index in [0.29, 0.717) is 19.8 Å². The molecule has 0 aromatic heterocycles. The number of benzene rings is 2. The van der Waals surface area contributed by atoms with Gasteiger partial charge in [0.05, 0.1) is 13.2 Å². The fraction of sp³-hybridized carbons (Fsp3) is 0.278. The fourth-order valence-electron chi connectivity index (χ4n) is 2.11. The van der Waals surface area contributed by atoms with Crippen molar-refractivity contribution in [2.45, 2.75) is 19.1 Å². The van der Waals surface area contributed by atoms with Gasteiger partial charge < -0.3 is 15.8 Å². The second-order valence-corrected chi connectivity index (χ2v) is 6.42. The van der Waals surface area contributed by atoms with Crippen LogP contribution in [0.25, 0.3) is 0 Å². The first-order valence-corrected chi connectivity index (χ1v) is 8.24. The number of carbonyl (C=O) groups excluding carboxylic acids is 1. The summed E-state index contributed by atoms with van der Waals surface area (Å²) in [6.45, 7) is 3.10. The highest BCUT2D eigenvalue weighted by atomic mass is 79.9. The van der Waals surface area contributed by atoms with Crippen LogP contribution in [0, 0.1) is 0 Å². The molecule has 1 unspecified atom stereocenters. The summed E-state index contributed by atoms with van der Waals surface area (Å²) < 4.78 is 6.49. The monoisotopic (exact) mass is 376 g/mol. The molecule has 0 fully saturated rings. The number of nitrogens with two attached hydrogens (primary N) is 1. The van der Waals surface area contributed by atoms with Gasteiger partial charge in [0, 0.05) is 11.0 Å². The molecule has 4 nitrogen and oxygen atoms in total. The third-order valence-corrected chi connectivity index (χ3v) is 4.09. The predicted molar refractivity (Wildman–Crippen MR) is 94.8 cm³/mol. The van der Waals surface area contributed by atoms with Gasteiger partial charge >= 0.3 is 0 Å². The second kappa shape index (κ2) is 8.24. The van der Waals surface area contributed by atoms with Crippen LogP contribution in [0.4, 0.5) is 0 Å². The first-order chi connectivity index (χ1) is 11.0. The molecule has 0 spiro atoms. The Morgan fingerprint density at radius 1 is 1.17 bits per heavy atom. The smallest absolute Gasteiger partial charge is 0.244 e. The largest absolute Gasteiger partial charge is 0.375 e. The molecule has 0 aliphatic carbocycles. The van der Waals surface area contributed by atoms with Crippen molar-refractivity contribution >= 4 is 21.8 Å². The number of hydrogen-bond acceptors (Lipinski definition) is 3. The molecular weight excluding hydrogens is 356 g/mol. The first kappa shape index (κ1) is 17.7. The number of hydrogen-bond donors (Lipinski definition) is 2. The molecule has 1 amide bonds. The lowest BCUT2D eigenvalue weighted by molar-refractivity contribution is -0.126. The number of rotatable bonds is 7. The van der Waals surface area contributed by atoms with Gasteiger partial charge in [0.15, 0.2) is 0 Å². The molecule has 1 atom stereocenters. The average Bonchev–Trinajstić information content (AvgIpc) is 2.55. The Morgan fingerprint density at radius 2 is 1.83 bits per heavy atom. The van der Waals surface area contributed by atoms with Gasteiger partial charge in [0.1, 0.15) is 5.54 Å². The number of ether oxygens (including phenoxy) is 1. The molecule has 0 saturated carbocycles. The molecule has 0 saturated heterocycles. The van der Waals surface area contributed by atoms with Gasteiger partial charge in [-0.3, -0.25) is 4.79 Å². The minimum atomic E-state index is -1.07. The lowest BCUT2D eigenvalue weighted by Gasteiger charge is -2.24. The van der Waals surface area contributed by atoms with Crippen molar-refractivity contribution in [1.82, 2.24) is 5.32 Å². The van der Waals surface area contributed by atoms with E-state index >= 15 is 0 Å². The van der Waals surface area contributed by atoms with Gasteiger partial charge in [-0.15, -0.1) is 0 Å². The van der Waals surface area contributed by atoms with E-state index in [9.17, 15) is 4.79 Å². The Labute approximate surface area is 145 Å². The van der Waals surface area contributed by atoms with E-state index in [1.165, 1.54) is 0 Å². The average molecular weight is 377 g/mol. The zero-order chi connectivity index (χ0) is 16.7. The standard InChI is InChI=1S/C18H21BrN2O2/c1-18(20,15-7-9-16(19)10-8-15)17(22)21-11-12-23-13-14-5-3-2-4-6-14/h2-10H,11-13,20H2,1H3,(H,21,22). The van der Waals surface area contributed by atoms with Crippen molar-refractivity contribution in [3.63, 3.8) is 0 Å². The molecule has 2 aromatic carbocycles. The van der Waals surface area contributed by atoms with Crippen LogP contribution in [0.15, 0.2) is 59.1 Å². The molecule has 0 heterocycles. The van der Waals surface area contributed by atoms with Gasteiger partial charge in [0.25, 0.3) is 0 Å². The van der Waals surface area contributed by atoms with Crippen LogP contribution in [0.2, 0.25) is 0 Å². The van der Waals surface area contributed by atoms with Gasteiger partial charge in [-0.2, -0.15) is 0 Å². The zero-order valence-corrected chi connectivity index (χ0v) is 14.7. The Kier molecular flexibility index (Phi) is 6.33. The fourth-order valence-corrected chi connectivity index (χ4v) is 2.38. The van der Waals surface area contributed by atoms with Crippen LogP contribution >= 0.6 is 15.9 Å². The molecule has 0 bridgehead atoms. The molecule has 0 aliphatic heterocycles. The predicted octanol–water partition coefficient (Wildman–Crippen LogP) is 2.96. The van der Waals surface area contributed by atoms with Gasteiger partial charge in [-0.05, 0) is 30.2 Å². The molecule has 0 aliphatic rings. The van der Waals surface area contributed by atoms with Crippen LogP contribution in [0.3, 0.4) is 0 Å². The number of carbonyl (C=O) groups is 1. The van der Waals surface area contributed by atoms with Gasteiger partial charge in [0.2, 0.25) is 5.91 Å². The summed E-state index contributed by atoms with van der Waals surface area (Å²) in [5, 5.41) is 2.82. The third kappa shape index (κ3) is 5.16. The molecular formula is C18H21BrN2O2. The Hall–Kier alpha value is -1.69. The molecule has 5 heteroatoms. The van der Waals surface area contributed by atoms with Crippen LogP contribution < -0.4 is 11.1 Å². The summed E-state index contributed by atoms with van der Waals surface area (Å²) in [7, 11) is 0. The van der Waals surface area contributed by atoms with E-state index in [1.54, 1.807) is 6.92 Å². The Balaban J connectivity index is 1.76. The van der Waals surface area contributed by atoms with Crippen molar-refractivity contribution in [1.29, 1.82) is 0 Å². The maximum absolute atomic E-state index is 12.3. The Bertz CT molecular complexity index is 627. The SMILES string of the molecule is CC(N)(C(=O)NCCOCc1ccccc1)c1ccc(Br)cc1. The topological polar surface area (TPSA) is 64.4 Å². The minimum Gasteiger partial charge on any atom is -0.375 e. The maximum atomic E-state index is 12.3. The van der Waals surface area contributed by atoms with E-state index in [0.717, 1.165) is 15.6 Å². The van der Waals surface area contributed by atoms with Crippen LogP contribution in [-0.2, 0) is 21.7 Å². The summed E-state index contributed by atoms with van der Waals surface area (Å²) in [4.78, 5) is 12.3. The summed E-state index contributed by atoms with van der Waals surface area (Å²) >= 11 is 3.37. The van der Waals surface area contributed by atoms with Crippen LogP contribution in [0.5, 0.6) is 0 Å². The number of halogens is 1. The Morgan fingerprint density at radius 3 is 2.48 bits per heavy atom. The number of nitrogens with one attached hydrogen (secondary N) is 1. The molecule has 0 radical (unpaired) electrons. The zero-order valence-electron chi connectivity index (χ0n) is 13.1. The van der Waals surface area contributed by atoms with Crippen LogP contribution in [0.1, 0.15) is 18.1 Å². The van der Waals surface area contributed by atoms with Crippen LogP contribution in [-0.4, -0.2) is 19.1 Å². The van der Waals surface area contributed by atoms with Crippen molar-refractivity contribution in [3.05, 3.63) is 70.2 Å². The van der Waals surface area contributed by atoms with E-state index < -0.39 is 5.54 Å². The second-order valence-electron chi connectivity index (χ2n) is 5.50. The maximum Gasteiger partial charge on any atom is 0.244 e. The normalized spacial score (nSPS) is 13.3. The van der Waals surface area contributed by atoms with E-state index in [-0.39, 0.29) is 5.91 Å². The number of amides is 1. The minimum absolute atomic E-state index is 0.219. The molecule has 122 valence electrons. The summed E-state index contributed by atoms with van der Waals surface area (Å²) in [5.41, 5.74) is 6.98. The molecule has 2 rings (SSSR count). The van der Waals surface area contributed by atoms with Gasteiger partial charge in [-0.25, -0.2) is 0 Å². The summed E-state index contributed by atoms with van der Waals surface area (Å²) in [6, 6.07) is 17.3. The molecule has 2 aromatic rings. The lowest BCUT2D eigenvalue weighted by Crippen LogP contribution is -2.49. The van der Waals surface area contributed by atoms with Crippen molar-refractivity contribution < 1.29 is 9.53 Å². The molecule has 23 heavy (non-hydrogen) atoms. The van der Waals surface area contributed by atoms with Crippen molar-refractivity contribution in [2.75, 3.05) is 13.2 Å². The lowest BCUT2D eigenvalue weighted by atomic mass is 9.92. The molecule has 3 N–H and O–H groups in total. The third-order valence-electron chi connectivity index (χ3n) is 3.56. The highest BCUT2D eigenvalue weighted by molar-refractivity contribution is 9.10. The van der Waals surface area contributed by atoms with Crippen molar-refractivity contribution in [3.8, 4) is 0 Å². The first-order valence-electron chi connectivity index (χ1n) is 7.45. The highest BCUT2D eigenvalue weighted by Crippen LogP contribution is 2.20. The summed E-state index contributed by atoms with van der Waals surface area (Å²) in [5.74, 6) is -0.219. The van der Waals surface area contributed by atoms with Crippen molar-refractivity contribution in [2.24, 2.45) is 5.73 Å². The van der Waals surface area contributed by atoms with Gasteiger partial charge in [-0.1, -0.05) is 58.4 Å². The van der Waals surface area contributed by atoms with E-state index in [2.05, 4.69) is 21.2 Å². The summed E-state index contributed by atoms with van der Waals surface area (Å²) in [6.07, 6.45) is 0. The van der Waals surface area contributed by atoms with E-state index in [4.69, 9.17) is 10.5 Å². The quantitative estimate of drug-likeness (QED) is 0.730.